The standard InChI is InChI=1S/C12H9BrFNOS/c1-7-12(17-6-15-7)10(16)5-8-3-2-4-9(14)11(8)13/h2-4,6H,5H2,1H3. The second-order valence-corrected chi connectivity index (χ2v) is 5.23. The highest BCUT2D eigenvalue weighted by molar-refractivity contribution is 9.10. The fraction of sp³-hybridized carbons (Fsp3) is 0.167. The number of aryl methyl sites for hydroxylation is 1. The first kappa shape index (κ1) is 12.4. The fourth-order valence-electron chi connectivity index (χ4n) is 1.51. The normalized spacial score (nSPS) is 10.5. The van der Waals surface area contributed by atoms with Crippen molar-refractivity contribution in [1.82, 2.24) is 4.98 Å². The number of ketones is 1. The van der Waals surface area contributed by atoms with E-state index in [1.807, 2.05) is 0 Å². The number of carbonyl (C=O) groups is 1. The molecule has 5 heteroatoms. The first-order valence-corrected chi connectivity index (χ1v) is 6.63. The molecule has 0 unspecified atom stereocenters. The lowest BCUT2D eigenvalue weighted by Crippen LogP contribution is -2.04. The van der Waals surface area contributed by atoms with E-state index in [9.17, 15) is 9.18 Å². The van der Waals surface area contributed by atoms with Crippen LogP contribution in [0.4, 0.5) is 4.39 Å². The molecule has 1 heterocycles. The molecular weight excluding hydrogens is 305 g/mol. The molecule has 2 aromatic rings. The van der Waals surface area contributed by atoms with Crippen LogP contribution in [-0.4, -0.2) is 10.8 Å². The van der Waals surface area contributed by atoms with E-state index in [-0.39, 0.29) is 18.0 Å². The van der Waals surface area contributed by atoms with Crippen molar-refractivity contribution in [3.63, 3.8) is 0 Å². The smallest absolute Gasteiger partial charge is 0.179 e. The van der Waals surface area contributed by atoms with Gasteiger partial charge in [0.05, 0.1) is 20.6 Å². The second-order valence-electron chi connectivity index (χ2n) is 3.58. The molecule has 0 aliphatic heterocycles. The highest BCUT2D eigenvalue weighted by atomic mass is 79.9. The molecule has 1 aromatic carbocycles. The number of hydrogen-bond acceptors (Lipinski definition) is 3. The predicted octanol–water partition coefficient (Wildman–Crippen LogP) is 3.78. The number of thiazole rings is 1. The number of rotatable bonds is 3. The van der Waals surface area contributed by atoms with Gasteiger partial charge in [-0.3, -0.25) is 4.79 Å². The molecule has 0 amide bonds. The summed E-state index contributed by atoms with van der Waals surface area (Å²) in [6, 6.07) is 4.69. The number of Topliss-reactive ketones (excluding diaryl/α,β-unsaturated/α-hetero) is 1. The Balaban J connectivity index is 2.25. The van der Waals surface area contributed by atoms with Gasteiger partial charge in [-0.05, 0) is 34.5 Å². The van der Waals surface area contributed by atoms with E-state index in [2.05, 4.69) is 20.9 Å². The average Bonchev–Trinajstić information content (AvgIpc) is 2.71. The third-order valence-corrected chi connectivity index (χ3v) is 4.24. The molecule has 0 atom stereocenters. The van der Waals surface area contributed by atoms with Crippen LogP contribution in [0.3, 0.4) is 0 Å². The molecule has 2 nitrogen and oxygen atoms in total. The summed E-state index contributed by atoms with van der Waals surface area (Å²) >= 11 is 4.47. The summed E-state index contributed by atoms with van der Waals surface area (Å²) in [6.45, 7) is 1.80. The van der Waals surface area contributed by atoms with E-state index < -0.39 is 0 Å². The van der Waals surface area contributed by atoms with Crippen LogP contribution in [0.5, 0.6) is 0 Å². The molecule has 0 N–H and O–H groups in total. The summed E-state index contributed by atoms with van der Waals surface area (Å²) in [7, 11) is 0. The Morgan fingerprint density at radius 3 is 2.94 bits per heavy atom. The summed E-state index contributed by atoms with van der Waals surface area (Å²) in [5.41, 5.74) is 3.03. The number of carbonyl (C=O) groups excluding carboxylic acids is 1. The summed E-state index contributed by atoms with van der Waals surface area (Å²) in [6.07, 6.45) is 0.182. The van der Waals surface area contributed by atoms with E-state index in [1.54, 1.807) is 24.6 Å². The highest BCUT2D eigenvalue weighted by Gasteiger charge is 2.15. The highest BCUT2D eigenvalue weighted by Crippen LogP contribution is 2.23. The van der Waals surface area contributed by atoms with Crippen LogP contribution in [0.2, 0.25) is 0 Å². The minimum atomic E-state index is -0.351. The van der Waals surface area contributed by atoms with Crippen molar-refractivity contribution < 1.29 is 9.18 Å². The van der Waals surface area contributed by atoms with Gasteiger partial charge in [0.1, 0.15) is 5.82 Å². The van der Waals surface area contributed by atoms with E-state index >= 15 is 0 Å². The van der Waals surface area contributed by atoms with Crippen LogP contribution in [-0.2, 0) is 6.42 Å². The van der Waals surface area contributed by atoms with Crippen molar-refractivity contribution >= 4 is 33.0 Å². The van der Waals surface area contributed by atoms with E-state index in [0.29, 0.717) is 14.9 Å². The summed E-state index contributed by atoms with van der Waals surface area (Å²) in [5.74, 6) is -0.382. The van der Waals surface area contributed by atoms with Crippen LogP contribution in [0.25, 0.3) is 0 Å². The number of nitrogens with zero attached hydrogens (tertiary/aromatic N) is 1. The third-order valence-electron chi connectivity index (χ3n) is 2.38. The van der Waals surface area contributed by atoms with Gasteiger partial charge in [0.2, 0.25) is 0 Å². The van der Waals surface area contributed by atoms with Crippen LogP contribution >= 0.6 is 27.3 Å². The first-order chi connectivity index (χ1) is 8.09. The molecule has 0 saturated heterocycles. The van der Waals surface area contributed by atoms with E-state index in [4.69, 9.17) is 0 Å². The zero-order chi connectivity index (χ0) is 12.4. The minimum Gasteiger partial charge on any atom is -0.293 e. The minimum absolute atomic E-state index is 0.0312. The lowest BCUT2D eigenvalue weighted by molar-refractivity contribution is 0.0996. The van der Waals surface area contributed by atoms with Gasteiger partial charge in [-0.1, -0.05) is 12.1 Å². The van der Waals surface area contributed by atoms with Crippen LogP contribution < -0.4 is 0 Å². The van der Waals surface area contributed by atoms with Gasteiger partial charge in [0, 0.05) is 6.42 Å². The van der Waals surface area contributed by atoms with Gasteiger partial charge in [0.15, 0.2) is 5.78 Å². The van der Waals surface area contributed by atoms with Gasteiger partial charge >= 0.3 is 0 Å². The van der Waals surface area contributed by atoms with Gasteiger partial charge in [-0.25, -0.2) is 9.37 Å². The molecular formula is C12H9BrFNOS. The molecule has 0 bridgehead atoms. The number of benzene rings is 1. The Bertz CT molecular complexity index is 567. The molecule has 0 spiro atoms. The zero-order valence-corrected chi connectivity index (χ0v) is 11.4. The lowest BCUT2D eigenvalue weighted by atomic mass is 10.1. The van der Waals surface area contributed by atoms with E-state index in [1.165, 1.54) is 17.4 Å². The van der Waals surface area contributed by atoms with Crippen molar-refractivity contribution in [3.8, 4) is 0 Å². The SMILES string of the molecule is Cc1ncsc1C(=O)Cc1cccc(F)c1Br. The molecule has 0 radical (unpaired) electrons. The molecule has 0 fully saturated rings. The summed E-state index contributed by atoms with van der Waals surface area (Å²) in [5, 5.41) is 0. The summed E-state index contributed by atoms with van der Waals surface area (Å²) < 4.78 is 13.6. The maximum absolute atomic E-state index is 13.3. The Morgan fingerprint density at radius 1 is 1.53 bits per heavy atom. The van der Waals surface area contributed by atoms with Crippen molar-refractivity contribution in [2.24, 2.45) is 0 Å². The Kier molecular flexibility index (Phi) is 3.69. The van der Waals surface area contributed by atoms with Crippen LogP contribution in [0, 0.1) is 12.7 Å². The summed E-state index contributed by atoms with van der Waals surface area (Å²) in [4.78, 5) is 16.7. The van der Waals surface area contributed by atoms with Crippen molar-refractivity contribution in [1.29, 1.82) is 0 Å². The average molecular weight is 314 g/mol. The molecule has 88 valence electrons. The second kappa shape index (κ2) is 5.06. The van der Waals surface area contributed by atoms with Gasteiger partial charge in [0.25, 0.3) is 0 Å². The Hall–Kier alpha value is -1.07. The molecule has 17 heavy (non-hydrogen) atoms. The van der Waals surface area contributed by atoms with Crippen LogP contribution in [0.1, 0.15) is 20.9 Å². The predicted molar refractivity (Wildman–Crippen MR) is 69.0 cm³/mol. The topological polar surface area (TPSA) is 30.0 Å². The monoisotopic (exact) mass is 313 g/mol. The molecule has 0 saturated carbocycles. The van der Waals surface area contributed by atoms with E-state index in [0.717, 1.165) is 5.69 Å². The number of aromatic nitrogens is 1. The molecule has 0 aliphatic carbocycles. The van der Waals surface area contributed by atoms with Gasteiger partial charge in [-0.15, -0.1) is 11.3 Å². The van der Waals surface area contributed by atoms with Crippen molar-refractivity contribution in [2.45, 2.75) is 13.3 Å². The molecule has 0 aliphatic rings. The Morgan fingerprint density at radius 2 is 2.29 bits per heavy atom. The maximum Gasteiger partial charge on any atom is 0.179 e. The third kappa shape index (κ3) is 2.61. The first-order valence-electron chi connectivity index (χ1n) is 4.95. The molecule has 2 rings (SSSR count). The maximum atomic E-state index is 13.3. The zero-order valence-electron chi connectivity index (χ0n) is 9.04. The largest absolute Gasteiger partial charge is 0.293 e. The number of halogens is 2. The molecule has 1 aromatic heterocycles. The number of hydrogen-bond donors (Lipinski definition) is 0. The van der Waals surface area contributed by atoms with Crippen molar-refractivity contribution in [3.05, 3.63) is 50.1 Å². The van der Waals surface area contributed by atoms with Crippen molar-refractivity contribution in [2.75, 3.05) is 0 Å². The Labute approximate surface area is 111 Å². The fourth-order valence-corrected chi connectivity index (χ4v) is 2.66. The van der Waals surface area contributed by atoms with Gasteiger partial charge < -0.3 is 0 Å². The lowest BCUT2D eigenvalue weighted by Gasteiger charge is -2.03. The van der Waals surface area contributed by atoms with Gasteiger partial charge in [-0.2, -0.15) is 0 Å². The van der Waals surface area contributed by atoms with Crippen LogP contribution in [0.15, 0.2) is 28.2 Å². The quantitative estimate of drug-likeness (QED) is 0.807.